The van der Waals surface area contributed by atoms with E-state index < -0.39 is 10.4 Å². The van der Waals surface area contributed by atoms with Crippen molar-refractivity contribution in [2.75, 3.05) is 0 Å². The summed E-state index contributed by atoms with van der Waals surface area (Å²) in [7, 11) is -4.67. The number of hydrogen-bond acceptors (Lipinski definition) is 2. The molecule has 2 aromatic carbocycles. The first-order chi connectivity index (χ1) is 15.9. The molecule has 0 amide bonds. The molecular formula is C28H47NaO4S. The Morgan fingerprint density at radius 3 is 1.62 bits per heavy atom. The molecule has 0 fully saturated rings. The first kappa shape index (κ1) is 33.6. The topological polar surface area (TPSA) is 74.6 Å². The average molecular weight is 503 g/mol. The van der Waals surface area contributed by atoms with Crippen molar-refractivity contribution in [1.82, 2.24) is 0 Å². The summed E-state index contributed by atoms with van der Waals surface area (Å²) in [5.74, 6) is 0. The van der Waals surface area contributed by atoms with E-state index >= 15 is 0 Å². The third-order valence-electron chi connectivity index (χ3n) is 6.22. The van der Waals surface area contributed by atoms with Gasteiger partial charge in [0.25, 0.3) is 0 Å². The fourth-order valence-corrected chi connectivity index (χ4v) is 4.44. The van der Waals surface area contributed by atoms with Crippen LogP contribution in [0.1, 0.15) is 116 Å². The van der Waals surface area contributed by atoms with Crippen LogP contribution in [0, 0.1) is 0 Å². The monoisotopic (exact) mass is 502 g/mol. The summed E-state index contributed by atoms with van der Waals surface area (Å²) < 4.78 is 31.6. The molecule has 190 valence electrons. The van der Waals surface area contributed by atoms with Crippen molar-refractivity contribution in [3.05, 3.63) is 47.5 Å². The number of aryl methyl sites for hydroxylation is 2. The minimum atomic E-state index is -4.67. The van der Waals surface area contributed by atoms with Crippen LogP contribution in [0.3, 0.4) is 0 Å². The van der Waals surface area contributed by atoms with E-state index in [-0.39, 0.29) is 31.0 Å². The molecule has 0 radical (unpaired) electrons. The number of rotatable bonds is 16. The van der Waals surface area contributed by atoms with Gasteiger partial charge in [-0.1, -0.05) is 127 Å². The van der Waals surface area contributed by atoms with Crippen LogP contribution in [0.4, 0.5) is 0 Å². The second-order valence-electron chi connectivity index (χ2n) is 9.11. The van der Waals surface area contributed by atoms with Gasteiger partial charge >= 0.3 is 40.0 Å². The van der Waals surface area contributed by atoms with Crippen LogP contribution in [0.2, 0.25) is 0 Å². The van der Waals surface area contributed by atoms with Crippen molar-refractivity contribution >= 4 is 21.2 Å². The van der Waals surface area contributed by atoms with E-state index in [0.717, 1.165) is 0 Å². The van der Waals surface area contributed by atoms with Gasteiger partial charge in [-0.05, 0) is 47.6 Å². The molecule has 2 aromatic rings. The Balaban J connectivity index is 0. The third kappa shape index (κ3) is 17.1. The number of unbranched alkanes of at least 4 members (excludes halogenated alkanes) is 12. The maximum atomic E-state index is 8.74. The van der Waals surface area contributed by atoms with Gasteiger partial charge in [0.05, 0.1) is 0 Å². The van der Waals surface area contributed by atoms with Crippen LogP contribution in [0.5, 0.6) is 0 Å². The Labute approximate surface area is 232 Å². The largest absolute Gasteiger partial charge is 1.00 e. The zero-order valence-electron chi connectivity index (χ0n) is 22.9. The second-order valence-corrected chi connectivity index (χ2v) is 10.0. The van der Waals surface area contributed by atoms with Crippen molar-refractivity contribution in [2.24, 2.45) is 0 Å². The van der Waals surface area contributed by atoms with Gasteiger partial charge in [-0.15, -0.1) is 0 Å². The van der Waals surface area contributed by atoms with E-state index in [1.807, 2.05) is 0 Å². The van der Waals surface area contributed by atoms with Crippen molar-refractivity contribution in [3.8, 4) is 0 Å². The van der Waals surface area contributed by atoms with Crippen LogP contribution in [0.25, 0.3) is 10.8 Å². The maximum absolute atomic E-state index is 8.74. The normalized spacial score (nSPS) is 11.1. The van der Waals surface area contributed by atoms with E-state index in [2.05, 4.69) is 50.2 Å². The van der Waals surface area contributed by atoms with Gasteiger partial charge < -0.3 is 1.43 Å². The molecule has 0 saturated carbocycles. The van der Waals surface area contributed by atoms with Gasteiger partial charge in [0.1, 0.15) is 0 Å². The SMILES string of the molecule is CCCCCCCCCc1ccc2ccccc2c1CCCCCCCCC.O=S(=O)(O)O.[H-].[Na+]. The van der Waals surface area contributed by atoms with E-state index in [4.69, 9.17) is 17.5 Å². The predicted molar refractivity (Wildman–Crippen MR) is 143 cm³/mol. The molecule has 2 N–H and O–H groups in total. The number of fused-ring (bicyclic) bond motifs is 1. The van der Waals surface area contributed by atoms with E-state index in [9.17, 15) is 0 Å². The molecule has 0 aliphatic carbocycles. The summed E-state index contributed by atoms with van der Waals surface area (Å²) in [5, 5.41) is 2.93. The molecule has 0 atom stereocenters. The van der Waals surface area contributed by atoms with Crippen LogP contribution in [-0.2, 0) is 23.2 Å². The van der Waals surface area contributed by atoms with Gasteiger partial charge in [0.15, 0.2) is 0 Å². The third-order valence-corrected chi connectivity index (χ3v) is 6.22. The molecule has 0 bridgehead atoms. The zero-order valence-corrected chi connectivity index (χ0v) is 24.7. The first-order valence-corrected chi connectivity index (χ1v) is 14.5. The minimum Gasteiger partial charge on any atom is -1.00 e. The van der Waals surface area contributed by atoms with Crippen LogP contribution in [-0.4, -0.2) is 17.5 Å². The summed E-state index contributed by atoms with van der Waals surface area (Å²) in [6, 6.07) is 13.8. The van der Waals surface area contributed by atoms with E-state index in [1.165, 1.54) is 114 Å². The van der Waals surface area contributed by atoms with Crippen molar-refractivity contribution < 1.29 is 48.5 Å². The van der Waals surface area contributed by atoms with Crippen molar-refractivity contribution in [2.45, 2.75) is 117 Å². The molecule has 4 nitrogen and oxygen atoms in total. The Kier molecular flexibility index (Phi) is 20.5. The maximum Gasteiger partial charge on any atom is 1.00 e. The molecule has 0 spiro atoms. The van der Waals surface area contributed by atoms with Crippen molar-refractivity contribution in [1.29, 1.82) is 0 Å². The molecule has 0 heterocycles. The van der Waals surface area contributed by atoms with Crippen LogP contribution < -0.4 is 29.6 Å². The Hall–Kier alpha value is -0.430. The predicted octanol–water partition coefficient (Wildman–Crippen LogP) is 5.89. The molecular weight excluding hydrogens is 455 g/mol. The summed E-state index contributed by atoms with van der Waals surface area (Å²) >= 11 is 0. The second kappa shape index (κ2) is 20.7. The molecule has 0 unspecified atom stereocenters. The van der Waals surface area contributed by atoms with E-state index in [1.54, 1.807) is 11.1 Å². The summed E-state index contributed by atoms with van der Waals surface area (Å²) in [4.78, 5) is 0. The molecule has 2 rings (SSSR count). The Bertz CT molecular complexity index is 866. The van der Waals surface area contributed by atoms with Crippen LogP contribution >= 0.6 is 0 Å². The molecule has 0 aliphatic rings. The number of benzene rings is 2. The van der Waals surface area contributed by atoms with Gasteiger partial charge in [-0.3, -0.25) is 9.11 Å². The van der Waals surface area contributed by atoms with Crippen LogP contribution in [0.15, 0.2) is 36.4 Å². The number of hydrogen-bond donors (Lipinski definition) is 2. The zero-order chi connectivity index (χ0) is 24.4. The smallest absolute Gasteiger partial charge is 1.00 e. The van der Waals surface area contributed by atoms with E-state index in [0.29, 0.717) is 0 Å². The van der Waals surface area contributed by atoms with Gasteiger partial charge in [0.2, 0.25) is 0 Å². The molecule has 34 heavy (non-hydrogen) atoms. The molecule has 0 aromatic heterocycles. The molecule has 6 heteroatoms. The Morgan fingerprint density at radius 1 is 0.647 bits per heavy atom. The summed E-state index contributed by atoms with van der Waals surface area (Å²) in [6.45, 7) is 4.60. The fourth-order valence-electron chi connectivity index (χ4n) is 4.44. The molecule has 0 saturated heterocycles. The summed E-state index contributed by atoms with van der Waals surface area (Å²) in [5.41, 5.74) is 3.27. The standard InChI is InChI=1S/C28H44.Na.H2O4S.H/c1-3-5-7-9-11-13-15-19-25-23-24-26-20-17-18-22-28(26)27(25)21-16-14-12-10-8-6-4-2;;1-5(2,3)4;/h17-18,20,22-24H,3-16,19,21H2,1-2H3;;(H2,1,2,3,4);/q;+1;;-1. The summed E-state index contributed by atoms with van der Waals surface area (Å²) in [6.07, 6.45) is 22.1. The Morgan fingerprint density at radius 2 is 1.09 bits per heavy atom. The quantitative estimate of drug-likeness (QED) is 0.171. The molecule has 0 aliphatic heterocycles. The fraction of sp³-hybridized carbons (Fsp3) is 0.643. The van der Waals surface area contributed by atoms with Gasteiger partial charge in [0, 0.05) is 0 Å². The van der Waals surface area contributed by atoms with Gasteiger partial charge in [-0.2, -0.15) is 8.42 Å². The van der Waals surface area contributed by atoms with Crippen molar-refractivity contribution in [3.63, 3.8) is 0 Å². The average Bonchev–Trinajstić information content (AvgIpc) is 2.77. The van der Waals surface area contributed by atoms with Gasteiger partial charge in [-0.25, -0.2) is 0 Å². The first-order valence-electron chi connectivity index (χ1n) is 13.1. The minimum absolute atomic E-state index is 0.